The summed E-state index contributed by atoms with van der Waals surface area (Å²) in [6.07, 6.45) is -0.485. The van der Waals surface area contributed by atoms with Crippen LogP contribution in [0.5, 0.6) is 0 Å². The largest absolute Gasteiger partial charge is 0.391 e. The smallest absolute Gasteiger partial charge is 0.251 e. The number of hydrogen-bond donors (Lipinski definition) is 3. The molecule has 4 nitrogen and oxygen atoms in total. The molecule has 3 rings (SSSR count). The van der Waals surface area contributed by atoms with E-state index in [1.165, 1.54) is 30.3 Å². The van der Waals surface area contributed by atoms with Crippen LogP contribution in [0.2, 0.25) is 0 Å². The Labute approximate surface area is 157 Å². The Morgan fingerprint density at radius 3 is 2.54 bits per heavy atom. The molecule has 7 heteroatoms. The van der Waals surface area contributed by atoms with Crippen molar-refractivity contribution in [1.29, 1.82) is 0 Å². The zero-order chi connectivity index (χ0) is 18.0. The number of β-amino-alcohol motifs (C(OH)–C–C–N with tert-alkyl or cyclic N) is 1. The van der Waals surface area contributed by atoms with Gasteiger partial charge in [-0.1, -0.05) is 12.1 Å². The van der Waals surface area contributed by atoms with E-state index in [0.717, 1.165) is 0 Å². The van der Waals surface area contributed by atoms with Crippen molar-refractivity contribution >= 4 is 18.3 Å². The van der Waals surface area contributed by atoms with Gasteiger partial charge in [-0.15, -0.1) is 12.4 Å². The van der Waals surface area contributed by atoms with E-state index in [1.54, 1.807) is 13.0 Å². The van der Waals surface area contributed by atoms with Crippen molar-refractivity contribution in [3.8, 4) is 11.1 Å². The molecule has 26 heavy (non-hydrogen) atoms. The van der Waals surface area contributed by atoms with Crippen LogP contribution >= 0.6 is 12.4 Å². The molecule has 1 aliphatic rings. The molecule has 1 aliphatic heterocycles. The van der Waals surface area contributed by atoms with Gasteiger partial charge >= 0.3 is 0 Å². The third-order valence-electron chi connectivity index (χ3n) is 4.54. The number of amides is 1. The highest BCUT2D eigenvalue weighted by molar-refractivity contribution is 5.94. The van der Waals surface area contributed by atoms with Gasteiger partial charge in [0.1, 0.15) is 11.6 Å². The lowest BCUT2D eigenvalue weighted by molar-refractivity contribution is 0.0926. The third kappa shape index (κ3) is 4.38. The maximum Gasteiger partial charge on any atom is 0.251 e. The fourth-order valence-corrected chi connectivity index (χ4v) is 3.06. The van der Waals surface area contributed by atoms with E-state index in [1.807, 2.05) is 0 Å². The Kier molecular flexibility index (Phi) is 6.69. The molecule has 0 bridgehead atoms. The van der Waals surface area contributed by atoms with Gasteiger partial charge < -0.3 is 15.7 Å². The fraction of sp³-hybridized carbons (Fsp3) is 0.316. The van der Waals surface area contributed by atoms with E-state index in [9.17, 15) is 18.7 Å². The molecule has 1 saturated heterocycles. The first-order chi connectivity index (χ1) is 12.0. The number of aryl methyl sites for hydroxylation is 1. The van der Waals surface area contributed by atoms with Gasteiger partial charge in [-0.2, -0.15) is 0 Å². The van der Waals surface area contributed by atoms with Crippen molar-refractivity contribution in [2.45, 2.75) is 13.0 Å². The maximum atomic E-state index is 14.5. The van der Waals surface area contributed by atoms with Gasteiger partial charge in [-0.05, 0) is 42.3 Å². The van der Waals surface area contributed by atoms with E-state index in [4.69, 9.17) is 0 Å². The van der Waals surface area contributed by atoms with Gasteiger partial charge in [-0.25, -0.2) is 8.78 Å². The first-order valence-corrected chi connectivity index (χ1v) is 8.19. The van der Waals surface area contributed by atoms with Crippen molar-refractivity contribution in [2.24, 2.45) is 5.92 Å². The molecule has 0 aromatic heterocycles. The molecule has 0 aliphatic carbocycles. The monoisotopic (exact) mass is 382 g/mol. The van der Waals surface area contributed by atoms with Gasteiger partial charge in [0.05, 0.1) is 6.10 Å². The molecular weight excluding hydrogens is 362 g/mol. The number of aliphatic hydroxyl groups is 1. The molecule has 1 heterocycles. The number of carbonyl (C=O) groups is 1. The summed E-state index contributed by atoms with van der Waals surface area (Å²) in [5, 5.41) is 15.5. The van der Waals surface area contributed by atoms with E-state index in [0.29, 0.717) is 36.3 Å². The number of nitrogens with one attached hydrogen (secondary N) is 2. The first kappa shape index (κ1) is 20.3. The average Bonchev–Trinajstić information content (AvgIpc) is 2.98. The Morgan fingerprint density at radius 2 is 1.92 bits per heavy atom. The second-order valence-electron chi connectivity index (χ2n) is 6.35. The van der Waals surface area contributed by atoms with Gasteiger partial charge in [0.2, 0.25) is 0 Å². The Bertz CT molecular complexity index is 801. The number of aliphatic hydroxyl groups excluding tert-OH is 1. The highest BCUT2D eigenvalue weighted by Crippen LogP contribution is 2.27. The van der Waals surface area contributed by atoms with Crippen molar-refractivity contribution in [2.75, 3.05) is 19.6 Å². The highest BCUT2D eigenvalue weighted by Gasteiger charge is 2.25. The zero-order valence-corrected chi connectivity index (χ0v) is 15.1. The summed E-state index contributed by atoms with van der Waals surface area (Å²) in [6.45, 7) is 3.19. The van der Waals surface area contributed by atoms with Crippen LogP contribution in [0.1, 0.15) is 15.9 Å². The molecule has 2 aromatic carbocycles. The molecule has 2 atom stereocenters. The second-order valence-corrected chi connectivity index (χ2v) is 6.35. The summed E-state index contributed by atoms with van der Waals surface area (Å²) in [5.74, 6) is -1.35. The Morgan fingerprint density at radius 1 is 1.19 bits per heavy atom. The summed E-state index contributed by atoms with van der Waals surface area (Å²) in [7, 11) is 0. The van der Waals surface area contributed by atoms with Crippen molar-refractivity contribution in [3.05, 3.63) is 59.2 Å². The molecule has 1 amide bonds. The fourth-order valence-electron chi connectivity index (χ4n) is 3.06. The topological polar surface area (TPSA) is 61.4 Å². The highest BCUT2D eigenvalue weighted by atomic mass is 35.5. The summed E-state index contributed by atoms with van der Waals surface area (Å²) in [5.41, 5.74) is 1.75. The van der Waals surface area contributed by atoms with Gasteiger partial charge in [0, 0.05) is 36.7 Å². The lowest BCUT2D eigenvalue weighted by Crippen LogP contribution is -2.34. The normalized spacial score (nSPS) is 19.1. The minimum absolute atomic E-state index is 0. The molecule has 1 fully saturated rings. The molecule has 3 N–H and O–H groups in total. The van der Waals surface area contributed by atoms with E-state index < -0.39 is 11.9 Å². The van der Waals surface area contributed by atoms with Crippen molar-refractivity contribution in [1.82, 2.24) is 10.6 Å². The van der Waals surface area contributed by atoms with Crippen LogP contribution in [0.4, 0.5) is 8.78 Å². The number of rotatable bonds is 4. The second kappa shape index (κ2) is 8.58. The van der Waals surface area contributed by atoms with Crippen molar-refractivity contribution < 1.29 is 18.7 Å². The molecule has 2 unspecified atom stereocenters. The van der Waals surface area contributed by atoms with E-state index in [-0.39, 0.29) is 35.6 Å². The predicted octanol–water partition coefficient (Wildman–Crippen LogP) is 2.67. The van der Waals surface area contributed by atoms with Gasteiger partial charge in [0.25, 0.3) is 5.91 Å². The van der Waals surface area contributed by atoms with Crippen LogP contribution in [-0.4, -0.2) is 36.8 Å². The number of benzene rings is 2. The third-order valence-corrected chi connectivity index (χ3v) is 4.54. The zero-order valence-electron chi connectivity index (χ0n) is 14.3. The van der Waals surface area contributed by atoms with Crippen LogP contribution in [0.15, 0.2) is 36.4 Å². The maximum absolute atomic E-state index is 14.5. The first-order valence-electron chi connectivity index (χ1n) is 8.19. The quantitative estimate of drug-likeness (QED) is 0.762. The Hall–Kier alpha value is -2.02. The van der Waals surface area contributed by atoms with Crippen molar-refractivity contribution in [3.63, 3.8) is 0 Å². The van der Waals surface area contributed by atoms with Crippen LogP contribution in [0.25, 0.3) is 11.1 Å². The lowest BCUT2D eigenvalue weighted by Gasteiger charge is -2.14. The van der Waals surface area contributed by atoms with E-state index >= 15 is 0 Å². The Balaban J connectivity index is 0.00000243. The number of hydrogen-bond acceptors (Lipinski definition) is 3. The molecular formula is C19H21ClF2N2O2. The van der Waals surface area contributed by atoms with Crippen LogP contribution in [0, 0.1) is 24.5 Å². The summed E-state index contributed by atoms with van der Waals surface area (Å²) in [4.78, 5) is 12.2. The SMILES string of the molecule is Cc1cc(F)ccc1-c1ccc(C(=O)NCC2CNCC2O)cc1F.Cl. The molecule has 0 saturated carbocycles. The van der Waals surface area contributed by atoms with Gasteiger partial charge in [-0.3, -0.25) is 4.79 Å². The van der Waals surface area contributed by atoms with E-state index in [2.05, 4.69) is 10.6 Å². The lowest BCUT2D eigenvalue weighted by atomic mass is 9.98. The summed E-state index contributed by atoms with van der Waals surface area (Å²) in [6, 6.07) is 8.39. The minimum Gasteiger partial charge on any atom is -0.391 e. The van der Waals surface area contributed by atoms with Gasteiger partial charge in [0.15, 0.2) is 0 Å². The van der Waals surface area contributed by atoms with Crippen LogP contribution < -0.4 is 10.6 Å². The molecule has 2 aromatic rings. The number of carbonyl (C=O) groups excluding carboxylic acids is 1. The predicted molar refractivity (Wildman–Crippen MR) is 98.5 cm³/mol. The molecule has 0 spiro atoms. The number of halogens is 3. The van der Waals surface area contributed by atoms with Crippen LogP contribution in [-0.2, 0) is 0 Å². The summed E-state index contributed by atoms with van der Waals surface area (Å²) < 4.78 is 27.7. The standard InChI is InChI=1S/C19H20F2N2O2.ClH/c1-11-6-14(20)3-5-15(11)16-4-2-12(7-17(16)21)19(25)23-9-13-8-22-10-18(13)24;/h2-7,13,18,22,24H,8-10H2,1H3,(H,23,25);1H. The molecule has 140 valence electrons. The molecule has 0 radical (unpaired) electrons. The average molecular weight is 383 g/mol. The minimum atomic E-state index is -0.537. The van der Waals surface area contributed by atoms with Crippen LogP contribution in [0.3, 0.4) is 0 Å². The summed E-state index contributed by atoms with van der Waals surface area (Å²) >= 11 is 0.